The molecule has 0 saturated carbocycles. The number of hydrogen-bond donors (Lipinski definition) is 2. The monoisotopic (exact) mass is 298 g/mol. The summed E-state index contributed by atoms with van der Waals surface area (Å²) in [6.45, 7) is 0. The molecule has 0 atom stereocenters. The molecule has 2 aromatic rings. The molecule has 0 unspecified atom stereocenters. The third kappa shape index (κ3) is 3.39. The molecule has 6 nitrogen and oxygen atoms in total. The lowest BCUT2D eigenvalue weighted by atomic mass is 10.1. The van der Waals surface area contributed by atoms with Crippen LogP contribution in [0.15, 0.2) is 29.4 Å². The van der Waals surface area contributed by atoms with E-state index in [0.29, 0.717) is 22.4 Å². The fourth-order valence-corrected chi connectivity index (χ4v) is 2.26. The van der Waals surface area contributed by atoms with Crippen molar-refractivity contribution >= 4 is 29.3 Å². The Balaban J connectivity index is 2.14. The normalized spacial score (nSPS) is 10.6. The second kappa shape index (κ2) is 5.94. The van der Waals surface area contributed by atoms with Crippen molar-refractivity contribution in [2.24, 2.45) is 0 Å². The number of nitrogens with zero attached hydrogens (tertiary/aromatic N) is 3. The number of halogens is 1. The maximum Gasteiger partial charge on any atom is 0.313 e. The first kappa shape index (κ1) is 13.7. The first-order chi connectivity index (χ1) is 9.08. The van der Waals surface area contributed by atoms with Crippen molar-refractivity contribution in [1.29, 1.82) is 0 Å². The van der Waals surface area contributed by atoms with Gasteiger partial charge in [-0.1, -0.05) is 41.6 Å². The van der Waals surface area contributed by atoms with Crippen LogP contribution < -0.4 is 5.84 Å². The van der Waals surface area contributed by atoms with Gasteiger partial charge in [-0.3, -0.25) is 4.79 Å². The Hall–Kier alpha value is -1.73. The summed E-state index contributed by atoms with van der Waals surface area (Å²) in [7, 11) is 0. The van der Waals surface area contributed by atoms with Crippen LogP contribution in [-0.2, 0) is 11.2 Å². The molecule has 0 radical (unpaired) electrons. The lowest BCUT2D eigenvalue weighted by Crippen LogP contribution is -2.15. The van der Waals surface area contributed by atoms with Crippen LogP contribution in [0, 0.1) is 0 Å². The number of carbonyl (C=O) groups is 1. The van der Waals surface area contributed by atoms with Crippen LogP contribution in [0.1, 0.15) is 11.4 Å². The highest BCUT2D eigenvalue weighted by atomic mass is 35.5. The molecule has 100 valence electrons. The number of rotatable bonds is 5. The summed E-state index contributed by atoms with van der Waals surface area (Å²) in [5, 5.41) is 17.4. The minimum atomic E-state index is -0.930. The van der Waals surface area contributed by atoms with E-state index in [2.05, 4.69) is 10.2 Å². The summed E-state index contributed by atoms with van der Waals surface area (Å²) in [5.41, 5.74) is 0.887. The predicted molar refractivity (Wildman–Crippen MR) is 72.8 cm³/mol. The first-order valence-electron chi connectivity index (χ1n) is 5.35. The van der Waals surface area contributed by atoms with E-state index in [1.54, 1.807) is 6.07 Å². The van der Waals surface area contributed by atoms with Gasteiger partial charge in [-0.25, -0.2) is 4.68 Å². The fraction of sp³-hybridized carbons (Fsp3) is 0.182. The van der Waals surface area contributed by atoms with Crippen molar-refractivity contribution in [1.82, 2.24) is 14.9 Å². The van der Waals surface area contributed by atoms with E-state index in [9.17, 15) is 4.79 Å². The summed E-state index contributed by atoms with van der Waals surface area (Å²) in [5.74, 6) is 5.31. The summed E-state index contributed by atoms with van der Waals surface area (Å²) < 4.78 is 1.29. The van der Waals surface area contributed by atoms with Crippen LogP contribution in [0.4, 0.5) is 0 Å². The average molecular weight is 299 g/mol. The minimum absolute atomic E-state index is 0.110. The zero-order chi connectivity index (χ0) is 13.8. The van der Waals surface area contributed by atoms with Gasteiger partial charge in [-0.15, -0.1) is 10.2 Å². The quantitative estimate of drug-likeness (QED) is 0.640. The lowest BCUT2D eigenvalue weighted by Gasteiger charge is -2.04. The maximum absolute atomic E-state index is 10.5. The molecule has 0 bridgehead atoms. The van der Waals surface area contributed by atoms with Crippen LogP contribution in [0.2, 0.25) is 5.02 Å². The molecule has 0 spiro atoms. The third-order valence-electron chi connectivity index (χ3n) is 2.37. The minimum Gasteiger partial charge on any atom is -0.481 e. The van der Waals surface area contributed by atoms with Crippen molar-refractivity contribution in [2.45, 2.75) is 11.6 Å². The van der Waals surface area contributed by atoms with Gasteiger partial charge in [0.2, 0.25) is 5.16 Å². The summed E-state index contributed by atoms with van der Waals surface area (Å²) in [4.78, 5) is 10.5. The molecule has 0 aliphatic heterocycles. The Labute approximate surface area is 118 Å². The summed E-state index contributed by atoms with van der Waals surface area (Å²) >= 11 is 7.08. The molecule has 1 aromatic heterocycles. The van der Waals surface area contributed by atoms with Gasteiger partial charge in [0.05, 0.1) is 5.75 Å². The summed E-state index contributed by atoms with van der Waals surface area (Å²) in [6.07, 6.45) is 0.441. The number of carboxylic acid groups (broad SMARTS) is 1. The highest BCUT2D eigenvalue weighted by Gasteiger charge is 2.13. The Morgan fingerprint density at radius 3 is 2.84 bits per heavy atom. The van der Waals surface area contributed by atoms with Gasteiger partial charge in [-0.05, 0) is 11.6 Å². The van der Waals surface area contributed by atoms with Gasteiger partial charge in [0.1, 0.15) is 0 Å². The van der Waals surface area contributed by atoms with E-state index in [-0.39, 0.29) is 5.75 Å². The molecule has 8 heteroatoms. The Morgan fingerprint density at radius 1 is 1.42 bits per heavy atom. The third-order valence-corrected chi connectivity index (χ3v) is 3.66. The van der Waals surface area contributed by atoms with E-state index >= 15 is 0 Å². The number of carboxylic acids is 1. The molecular weight excluding hydrogens is 288 g/mol. The second-order valence-electron chi connectivity index (χ2n) is 3.72. The Kier molecular flexibility index (Phi) is 4.28. The van der Waals surface area contributed by atoms with E-state index in [4.69, 9.17) is 22.6 Å². The number of nitrogen functional groups attached to an aromatic ring is 1. The topological polar surface area (TPSA) is 94.0 Å². The van der Waals surface area contributed by atoms with Crippen molar-refractivity contribution < 1.29 is 9.90 Å². The summed E-state index contributed by atoms with van der Waals surface area (Å²) in [6, 6.07) is 7.38. The average Bonchev–Trinajstić information content (AvgIpc) is 2.71. The smallest absolute Gasteiger partial charge is 0.313 e. The number of thioether (sulfide) groups is 1. The highest BCUT2D eigenvalue weighted by Crippen LogP contribution is 2.20. The molecule has 0 aliphatic rings. The maximum atomic E-state index is 10.5. The largest absolute Gasteiger partial charge is 0.481 e. The lowest BCUT2D eigenvalue weighted by molar-refractivity contribution is -0.133. The molecular formula is C11H11ClN4O2S. The molecule has 1 aromatic carbocycles. The van der Waals surface area contributed by atoms with Crippen LogP contribution in [0.5, 0.6) is 0 Å². The van der Waals surface area contributed by atoms with Gasteiger partial charge < -0.3 is 10.9 Å². The van der Waals surface area contributed by atoms with E-state index in [1.807, 2.05) is 18.2 Å². The van der Waals surface area contributed by atoms with Crippen molar-refractivity contribution in [3.05, 3.63) is 40.7 Å². The number of hydrogen-bond acceptors (Lipinski definition) is 5. The van der Waals surface area contributed by atoms with Gasteiger partial charge in [0.25, 0.3) is 0 Å². The first-order valence-corrected chi connectivity index (χ1v) is 6.71. The molecule has 19 heavy (non-hydrogen) atoms. The zero-order valence-corrected chi connectivity index (χ0v) is 11.4. The van der Waals surface area contributed by atoms with Crippen LogP contribution in [0.3, 0.4) is 0 Å². The van der Waals surface area contributed by atoms with E-state index < -0.39 is 5.97 Å². The molecule has 0 amide bonds. The van der Waals surface area contributed by atoms with Crippen LogP contribution >= 0.6 is 23.4 Å². The van der Waals surface area contributed by atoms with E-state index in [0.717, 1.165) is 17.3 Å². The number of nitrogens with two attached hydrogens (primary N) is 1. The molecule has 1 heterocycles. The standard InChI is InChI=1S/C11H11ClN4O2S/c12-8-4-2-1-3-7(8)5-9-14-15-11(16(9)13)19-6-10(17)18/h1-4H,5-6,13H2,(H,17,18). The number of benzene rings is 1. The van der Waals surface area contributed by atoms with Crippen molar-refractivity contribution in [3.8, 4) is 0 Å². The molecule has 0 aliphatic carbocycles. The Morgan fingerprint density at radius 2 is 2.16 bits per heavy atom. The van der Waals surface area contributed by atoms with Crippen molar-refractivity contribution in [3.63, 3.8) is 0 Å². The molecule has 3 N–H and O–H groups in total. The van der Waals surface area contributed by atoms with Gasteiger partial charge >= 0.3 is 5.97 Å². The predicted octanol–water partition coefficient (Wildman–Crippen LogP) is 1.41. The molecule has 2 rings (SSSR count). The molecule has 0 fully saturated rings. The number of aliphatic carboxylic acids is 1. The number of aromatic nitrogens is 3. The van der Waals surface area contributed by atoms with Crippen molar-refractivity contribution in [2.75, 3.05) is 11.6 Å². The zero-order valence-electron chi connectivity index (χ0n) is 9.78. The second-order valence-corrected chi connectivity index (χ2v) is 5.07. The SMILES string of the molecule is Nn1c(Cc2ccccc2Cl)nnc1SCC(=O)O. The Bertz CT molecular complexity index is 602. The molecule has 0 saturated heterocycles. The highest BCUT2D eigenvalue weighted by molar-refractivity contribution is 7.99. The van der Waals surface area contributed by atoms with E-state index in [1.165, 1.54) is 4.68 Å². The van der Waals surface area contributed by atoms with Crippen LogP contribution in [0.25, 0.3) is 0 Å². The van der Waals surface area contributed by atoms with Gasteiger partial charge in [0.15, 0.2) is 5.82 Å². The van der Waals surface area contributed by atoms with Gasteiger partial charge in [0, 0.05) is 11.4 Å². The van der Waals surface area contributed by atoms with Crippen LogP contribution in [-0.4, -0.2) is 31.7 Å². The fourth-order valence-electron chi connectivity index (χ4n) is 1.46. The van der Waals surface area contributed by atoms with Gasteiger partial charge in [-0.2, -0.15) is 0 Å².